The van der Waals surface area contributed by atoms with Gasteiger partial charge in [0.25, 0.3) is 5.91 Å². The van der Waals surface area contributed by atoms with Gasteiger partial charge in [0, 0.05) is 23.4 Å². The second-order valence-corrected chi connectivity index (χ2v) is 12.1. The molecule has 5 aliphatic carbocycles. The molecule has 6 nitrogen and oxygen atoms in total. The van der Waals surface area contributed by atoms with Gasteiger partial charge in [-0.2, -0.15) is 0 Å². The minimum Gasteiger partial charge on any atom is -0.396 e. The Hall–Kier alpha value is -1.44. The fourth-order valence-electron chi connectivity index (χ4n) is 7.81. The lowest BCUT2D eigenvalue weighted by molar-refractivity contribution is -0.127. The predicted octanol–water partition coefficient (Wildman–Crippen LogP) is 3.87. The summed E-state index contributed by atoms with van der Waals surface area (Å²) in [6, 6.07) is -0.0000529. The van der Waals surface area contributed by atoms with Crippen molar-refractivity contribution in [3.63, 3.8) is 0 Å². The molecule has 5 fully saturated rings. The van der Waals surface area contributed by atoms with Crippen molar-refractivity contribution < 1.29 is 19.4 Å². The number of rotatable bonds is 5. The van der Waals surface area contributed by atoms with Crippen LogP contribution in [0.5, 0.6) is 0 Å². The summed E-state index contributed by atoms with van der Waals surface area (Å²) in [5, 5.41) is 17.0. The second kappa shape index (κ2) is 8.10. The number of aliphatic hydroxyl groups excluding tert-OH is 1. The first-order valence-electron chi connectivity index (χ1n) is 12.5. The van der Waals surface area contributed by atoms with E-state index >= 15 is 0 Å². The van der Waals surface area contributed by atoms with E-state index in [-0.39, 0.29) is 35.8 Å². The molecular weight excluding hydrogens is 424 g/mol. The third-order valence-corrected chi connectivity index (χ3v) is 10.3. The van der Waals surface area contributed by atoms with Crippen molar-refractivity contribution >= 4 is 28.2 Å². The van der Waals surface area contributed by atoms with Gasteiger partial charge in [0.1, 0.15) is 5.00 Å². The molecule has 5 saturated carbocycles. The van der Waals surface area contributed by atoms with Crippen LogP contribution in [0.3, 0.4) is 0 Å². The number of aliphatic hydroxyl groups is 1. The second-order valence-electron chi connectivity index (χ2n) is 11.0. The summed E-state index contributed by atoms with van der Waals surface area (Å²) in [5.74, 6) is 2.12. The van der Waals surface area contributed by atoms with Crippen LogP contribution in [0.15, 0.2) is 0 Å². The first-order chi connectivity index (χ1) is 15.6. The van der Waals surface area contributed by atoms with E-state index in [0.717, 1.165) is 49.0 Å². The summed E-state index contributed by atoms with van der Waals surface area (Å²) >= 11 is 1.52. The number of anilines is 1. The van der Waals surface area contributed by atoms with Gasteiger partial charge in [0.05, 0.1) is 24.2 Å². The number of amides is 2. The highest BCUT2D eigenvalue weighted by Crippen LogP contribution is 2.65. The number of hydrogen-bond acceptors (Lipinski definition) is 5. The summed E-state index contributed by atoms with van der Waals surface area (Å²) in [4.78, 5) is 28.3. The van der Waals surface area contributed by atoms with Gasteiger partial charge < -0.3 is 20.5 Å². The van der Waals surface area contributed by atoms with Crippen molar-refractivity contribution in [3.05, 3.63) is 16.0 Å². The molecule has 1 aromatic rings. The van der Waals surface area contributed by atoms with Crippen LogP contribution < -0.4 is 10.6 Å². The van der Waals surface area contributed by atoms with Crippen molar-refractivity contribution in [2.75, 3.05) is 18.5 Å². The molecule has 4 unspecified atom stereocenters. The van der Waals surface area contributed by atoms with E-state index in [1.165, 1.54) is 30.6 Å². The van der Waals surface area contributed by atoms with Crippen LogP contribution in [0, 0.1) is 29.1 Å². The van der Waals surface area contributed by atoms with Crippen molar-refractivity contribution in [1.29, 1.82) is 0 Å². The van der Waals surface area contributed by atoms with Crippen molar-refractivity contribution in [1.82, 2.24) is 5.32 Å². The van der Waals surface area contributed by atoms with Crippen LogP contribution in [-0.4, -0.2) is 36.2 Å². The molecule has 0 aromatic carbocycles. The van der Waals surface area contributed by atoms with Gasteiger partial charge in [-0.25, -0.2) is 0 Å². The highest BCUT2D eigenvalue weighted by Gasteiger charge is 2.61. The highest BCUT2D eigenvalue weighted by molar-refractivity contribution is 7.17. The predicted molar refractivity (Wildman–Crippen MR) is 123 cm³/mol. The summed E-state index contributed by atoms with van der Waals surface area (Å²) in [7, 11) is 0. The molecule has 0 radical (unpaired) electrons. The van der Waals surface area contributed by atoms with Gasteiger partial charge >= 0.3 is 0 Å². The molecule has 3 N–H and O–H groups in total. The van der Waals surface area contributed by atoms with Crippen LogP contribution in [0.1, 0.15) is 78.6 Å². The van der Waals surface area contributed by atoms with Crippen molar-refractivity contribution in [2.45, 2.75) is 76.9 Å². The molecule has 0 saturated heterocycles. The van der Waals surface area contributed by atoms with Gasteiger partial charge in [0.2, 0.25) is 5.91 Å². The van der Waals surface area contributed by atoms with Gasteiger partial charge in [0.15, 0.2) is 0 Å². The molecule has 1 aromatic heterocycles. The summed E-state index contributed by atoms with van der Waals surface area (Å²) < 4.78 is 5.65. The largest absolute Gasteiger partial charge is 0.396 e. The Morgan fingerprint density at radius 1 is 1.12 bits per heavy atom. The molecule has 2 amide bonds. The molecular formula is C25H34N2O4S. The topological polar surface area (TPSA) is 87.7 Å². The fourth-order valence-corrected chi connectivity index (χ4v) is 8.99. The number of ether oxygens (including phenoxy) is 1. The first kappa shape index (κ1) is 21.1. The highest BCUT2D eigenvalue weighted by atomic mass is 32.1. The van der Waals surface area contributed by atoms with Gasteiger partial charge in [-0.05, 0) is 74.7 Å². The Kier molecular flexibility index (Phi) is 5.35. The molecule has 6 aliphatic rings. The standard InChI is InChI=1S/C25H34N2O4S/c28-12-16-3-1-2-4-19(16)26-22(29)21-18-5-6-31-13-20(18)32-23(21)27-24(30)25-10-14-7-15(11-25)9-17(25)8-14/h14-17,19,28H,1-13H2,(H,26,29)(H,27,30)/t14-,15?,16?,17-,19?,25?/m0/s1. The zero-order valence-electron chi connectivity index (χ0n) is 18.7. The van der Waals surface area contributed by atoms with Gasteiger partial charge in [-0.15, -0.1) is 11.3 Å². The average Bonchev–Trinajstić information content (AvgIpc) is 3.37. The first-order valence-corrected chi connectivity index (χ1v) is 13.3. The van der Waals surface area contributed by atoms with Gasteiger partial charge in [-0.1, -0.05) is 12.8 Å². The molecule has 32 heavy (non-hydrogen) atoms. The van der Waals surface area contributed by atoms with Crippen LogP contribution in [0.2, 0.25) is 0 Å². The van der Waals surface area contributed by atoms with E-state index < -0.39 is 0 Å². The van der Waals surface area contributed by atoms with Gasteiger partial charge in [-0.3, -0.25) is 9.59 Å². The minimum atomic E-state index is -0.215. The lowest BCUT2D eigenvalue weighted by atomic mass is 9.75. The molecule has 7 rings (SSSR count). The Labute approximate surface area is 193 Å². The van der Waals surface area contributed by atoms with E-state index in [0.29, 0.717) is 48.0 Å². The fraction of sp³-hybridized carbons (Fsp3) is 0.760. The third kappa shape index (κ3) is 3.34. The molecule has 2 heterocycles. The Bertz CT molecular complexity index is 913. The van der Waals surface area contributed by atoms with Crippen LogP contribution in [0.25, 0.3) is 0 Å². The number of hydrogen-bond donors (Lipinski definition) is 3. The van der Waals surface area contributed by atoms with Crippen LogP contribution in [0.4, 0.5) is 5.00 Å². The zero-order chi connectivity index (χ0) is 21.9. The SMILES string of the molecule is O=C(NC1CCCCC1CO)c1c(NC(=O)C23CC4C[C@@H](C[C@H]2C4)C3)sc2c1CCOC2. The molecule has 1 aliphatic heterocycles. The van der Waals surface area contributed by atoms with E-state index in [1.807, 2.05) is 0 Å². The average molecular weight is 459 g/mol. The Balaban J connectivity index is 1.27. The van der Waals surface area contributed by atoms with Crippen molar-refractivity contribution in [2.24, 2.45) is 29.1 Å². The van der Waals surface area contributed by atoms with E-state index in [4.69, 9.17) is 4.74 Å². The summed E-state index contributed by atoms with van der Waals surface area (Å²) in [5.41, 5.74) is 1.48. The molecule has 6 atom stereocenters. The monoisotopic (exact) mass is 458 g/mol. The maximum Gasteiger partial charge on any atom is 0.254 e. The van der Waals surface area contributed by atoms with Crippen LogP contribution >= 0.6 is 11.3 Å². The number of nitrogens with one attached hydrogen (secondary N) is 2. The normalized spacial score (nSPS) is 37.3. The maximum atomic E-state index is 13.7. The Morgan fingerprint density at radius 2 is 1.91 bits per heavy atom. The lowest BCUT2D eigenvalue weighted by Crippen LogP contribution is -2.44. The minimum absolute atomic E-state index is 0.0000529. The quantitative estimate of drug-likeness (QED) is 0.625. The maximum absolute atomic E-state index is 13.7. The number of carbonyl (C=O) groups excluding carboxylic acids is 2. The number of thiophene rings is 1. The lowest BCUT2D eigenvalue weighted by Gasteiger charge is -2.32. The number of fused-ring (bicyclic) bond motifs is 1. The molecule has 174 valence electrons. The summed E-state index contributed by atoms with van der Waals surface area (Å²) in [6.07, 6.45) is 10.5. The zero-order valence-corrected chi connectivity index (χ0v) is 19.5. The Morgan fingerprint density at radius 3 is 2.69 bits per heavy atom. The van der Waals surface area contributed by atoms with E-state index in [2.05, 4.69) is 10.6 Å². The summed E-state index contributed by atoms with van der Waals surface area (Å²) in [6.45, 7) is 1.22. The van der Waals surface area contributed by atoms with E-state index in [9.17, 15) is 14.7 Å². The third-order valence-electron chi connectivity index (χ3n) is 9.18. The molecule has 0 spiro atoms. The number of carbonyl (C=O) groups is 2. The van der Waals surface area contributed by atoms with Crippen molar-refractivity contribution in [3.8, 4) is 0 Å². The van der Waals surface area contributed by atoms with Crippen LogP contribution in [-0.2, 0) is 22.6 Å². The molecule has 7 heteroatoms. The van der Waals surface area contributed by atoms with E-state index in [1.54, 1.807) is 0 Å². The molecule has 4 bridgehead atoms. The smallest absolute Gasteiger partial charge is 0.254 e.